The molecule has 30 heavy (non-hydrogen) atoms. The number of sulfonamides is 1. The van der Waals surface area contributed by atoms with Crippen molar-refractivity contribution in [2.45, 2.75) is 37.7 Å². The number of nitrogens with one attached hydrogen (secondary N) is 1. The van der Waals surface area contributed by atoms with Crippen LogP contribution in [0.4, 0.5) is 11.5 Å². The van der Waals surface area contributed by atoms with Crippen LogP contribution in [0.1, 0.15) is 25.3 Å². The Balaban J connectivity index is 1.73. The lowest BCUT2D eigenvalue weighted by Gasteiger charge is -2.32. The molecule has 1 unspecified atom stereocenters. The maximum atomic E-state index is 13.2. The summed E-state index contributed by atoms with van der Waals surface area (Å²) in [7, 11) is 0.0651. The van der Waals surface area contributed by atoms with Crippen LogP contribution < -0.4 is 15.0 Å². The summed E-state index contributed by atoms with van der Waals surface area (Å²) in [5.41, 5.74) is 1.15. The molecule has 0 bridgehead atoms. The van der Waals surface area contributed by atoms with E-state index in [1.165, 1.54) is 17.3 Å². The van der Waals surface area contributed by atoms with Crippen molar-refractivity contribution in [2.24, 2.45) is 0 Å². The van der Waals surface area contributed by atoms with Crippen LogP contribution in [0.2, 0.25) is 0 Å². The first-order valence-electron chi connectivity index (χ1n) is 9.73. The molecule has 0 saturated carbocycles. The summed E-state index contributed by atoms with van der Waals surface area (Å²) in [5.74, 6) is 0.886. The topological polar surface area (TPSA) is 105 Å². The summed E-state index contributed by atoms with van der Waals surface area (Å²) in [6.07, 6.45) is 1.13. The van der Waals surface area contributed by atoms with Gasteiger partial charge in [0.2, 0.25) is 21.8 Å². The summed E-state index contributed by atoms with van der Waals surface area (Å²) in [5, 5.41) is 10.8. The van der Waals surface area contributed by atoms with Gasteiger partial charge in [0.1, 0.15) is 6.10 Å². The maximum Gasteiger partial charge on any atom is 0.243 e. The highest BCUT2D eigenvalue weighted by atomic mass is 32.2. The number of rotatable bonds is 6. The van der Waals surface area contributed by atoms with Crippen LogP contribution in [0.25, 0.3) is 0 Å². The number of aromatic nitrogens is 2. The molecule has 162 valence electrons. The van der Waals surface area contributed by atoms with Crippen molar-refractivity contribution in [3.05, 3.63) is 35.9 Å². The summed E-state index contributed by atoms with van der Waals surface area (Å²) in [4.78, 5) is 13.3. The number of ether oxygens (including phenoxy) is 1. The molecule has 10 heteroatoms. The average Bonchev–Trinajstić information content (AvgIpc) is 2.68. The number of anilines is 2. The number of carbonyl (C=O) groups excluding carboxylic acids is 1. The SMILES string of the molecule is CC(=O)Nc1ccc(S(=O)(=O)N2CCCC(Oc3ccc(N(C)C)nn3)C2)c(C)c1. The molecule has 1 atom stereocenters. The number of hydrogen-bond donors (Lipinski definition) is 1. The molecule has 0 radical (unpaired) electrons. The van der Waals surface area contributed by atoms with Crippen molar-refractivity contribution >= 4 is 27.4 Å². The molecule has 1 amide bonds. The second-order valence-corrected chi connectivity index (χ2v) is 9.44. The van der Waals surface area contributed by atoms with Gasteiger partial charge in [0, 0.05) is 39.3 Å². The highest BCUT2D eigenvalue weighted by Crippen LogP contribution is 2.27. The Morgan fingerprint density at radius 3 is 2.60 bits per heavy atom. The van der Waals surface area contributed by atoms with Gasteiger partial charge in [-0.05, 0) is 49.6 Å². The molecular weight excluding hydrogens is 406 g/mol. The Kier molecular flexibility index (Phi) is 6.57. The fourth-order valence-electron chi connectivity index (χ4n) is 3.36. The van der Waals surface area contributed by atoms with Gasteiger partial charge in [-0.3, -0.25) is 4.79 Å². The Morgan fingerprint density at radius 1 is 1.23 bits per heavy atom. The zero-order valence-corrected chi connectivity index (χ0v) is 18.4. The Hall–Kier alpha value is -2.72. The Labute approximate surface area is 177 Å². The zero-order chi connectivity index (χ0) is 21.9. The van der Waals surface area contributed by atoms with Crippen molar-refractivity contribution in [1.29, 1.82) is 0 Å². The smallest absolute Gasteiger partial charge is 0.243 e. The van der Waals surface area contributed by atoms with E-state index in [0.29, 0.717) is 35.9 Å². The Bertz CT molecular complexity index is 1010. The van der Waals surface area contributed by atoms with Crippen LogP contribution in [0, 0.1) is 6.92 Å². The van der Waals surface area contributed by atoms with E-state index in [2.05, 4.69) is 15.5 Å². The van der Waals surface area contributed by atoms with Gasteiger partial charge in [-0.25, -0.2) is 8.42 Å². The molecule has 1 fully saturated rings. The number of amides is 1. The lowest BCUT2D eigenvalue weighted by atomic mass is 10.1. The van der Waals surface area contributed by atoms with E-state index in [0.717, 1.165) is 6.42 Å². The van der Waals surface area contributed by atoms with Crippen molar-refractivity contribution in [3.8, 4) is 5.88 Å². The van der Waals surface area contributed by atoms with Gasteiger partial charge in [-0.1, -0.05) is 0 Å². The van der Waals surface area contributed by atoms with Gasteiger partial charge in [-0.2, -0.15) is 4.31 Å². The molecule has 1 aliphatic rings. The third-order valence-electron chi connectivity index (χ3n) is 4.83. The predicted molar refractivity (Wildman–Crippen MR) is 114 cm³/mol. The first-order valence-corrected chi connectivity index (χ1v) is 11.2. The molecule has 2 heterocycles. The lowest BCUT2D eigenvalue weighted by molar-refractivity contribution is -0.114. The van der Waals surface area contributed by atoms with Crippen LogP contribution in [0.3, 0.4) is 0 Å². The molecule has 3 rings (SSSR count). The first-order chi connectivity index (χ1) is 14.2. The van der Waals surface area contributed by atoms with Crippen molar-refractivity contribution in [1.82, 2.24) is 14.5 Å². The summed E-state index contributed by atoms with van der Waals surface area (Å²) in [6.45, 7) is 3.80. The monoisotopic (exact) mass is 433 g/mol. The van der Waals surface area contributed by atoms with E-state index in [1.54, 1.807) is 31.2 Å². The van der Waals surface area contributed by atoms with Crippen LogP contribution in [-0.2, 0) is 14.8 Å². The molecular formula is C20H27N5O4S. The summed E-state index contributed by atoms with van der Waals surface area (Å²) in [6, 6.07) is 8.33. The van der Waals surface area contributed by atoms with Gasteiger partial charge in [0.25, 0.3) is 0 Å². The first kappa shape index (κ1) is 22.0. The second kappa shape index (κ2) is 8.97. The van der Waals surface area contributed by atoms with E-state index >= 15 is 0 Å². The quantitative estimate of drug-likeness (QED) is 0.743. The molecule has 0 spiro atoms. The summed E-state index contributed by atoms with van der Waals surface area (Å²) < 4.78 is 33.8. The normalized spacial score (nSPS) is 17.4. The van der Waals surface area contributed by atoms with Crippen molar-refractivity contribution < 1.29 is 17.9 Å². The van der Waals surface area contributed by atoms with Crippen molar-refractivity contribution in [3.63, 3.8) is 0 Å². The highest BCUT2D eigenvalue weighted by Gasteiger charge is 2.32. The van der Waals surface area contributed by atoms with Crippen LogP contribution in [0.5, 0.6) is 5.88 Å². The van der Waals surface area contributed by atoms with E-state index in [9.17, 15) is 13.2 Å². The molecule has 1 aliphatic heterocycles. The Morgan fingerprint density at radius 2 is 2.00 bits per heavy atom. The van der Waals surface area contributed by atoms with Crippen LogP contribution in [-0.4, -0.2) is 62.1 Å². The minimum absolute atomic E-state index is 0.206. The van der Waals surface area contributed by atoms with Gasteiger partial charge in [-0.15, -0.1) is 10.2 Å². The minimum Gasteiger partial charge on any atom is -0.472 e. The molecule has 9 nitrogen and oxygen atoms in total. The van der Waals surface area contributed by atoms with Crippen molar-refractivity contribution in [2.75, 3.05) is 37.4 Å². The van der Waals surface area contributed by atoms with Gasteiger partial charge in [0.15, 0.2) is 5.82 Å². The van der Waals surface area contributed by atoms with E-state index < -0.39 is 10.0 Å². The molecule has 1 aromatic heterocycles. The third kappa shape index (κ3) is 5.06. The number of nitrogens with zero attached hydrogens (tertiary/aromatic N) is 4. The molecule has 2 aromatic rings. The molecule has 0 aliphatic carbocycles. The van der Waals surface area contributed by atoms with Crippen LogP contribution >= 0.6 is 0 Å². The highest BCUT2D eigenvalue weighted by molar-refractivity contribution is 7.89. The molecule has 1 N–H and O–H groups in total. The maximum absolute atomic E-state index is 13.2. The van der Waals surface area contributed by atoms with E-state index in [1.807, 2.05) is 19.0 Å². The zero-order valence-electron chi connectivity index (χ0n) is 17.6. The fourth-order valence-corrected chi connectivity index (χ4v) is 5.08. The summed E-state index contributed by atoms with van der Waals surface area (Å²) >= 11 is 0. The number of aryl methyl sites for hydroxylation is 1. The second-order valence-electron chi connectivity index (χ2n) is 7.53. The van der Waals surface area contributed by atoms with Gasteiger partial charge in [0.05, 0.1) is 11.4 Å². The largest absolute Gasteiger partial charge is 0.472 e. The van der Waals surface area contributed by atoms with Gasteiger partial charge >= 0.3 is 0 Å². The van der Waals surface area contributed by atoms with Gasteiger partial charge < -0.3 is 15.0 Å². The van der Waals surface area contributed by atoms with E-state index in [-0.39, 0.29) is 23.5 Å². The predicted octanol–water partition coefficient (Wildman–Crippen LogP) is 2.04. The standard InChI is InChI=1S/C20H27N5O4S/c1-14-12-16(21-15(2)26)7-8-18(14)30(27,28)25-11-5-6-17(13-25)29-20-10-9-19(22-23-20)24(3)4/h7-10,12,17H,5-6,11,13H2,1-4H3,(H,21,26). The average molecular weight is 434 g/mol. The molecule has 1 saturated heterocycles. The van der Waals surface area contributed by atoms with E-state index in [4.69, 9.17) is 4.74 Å². The minimum atomic E-state index is -3.68. The lowest BCUT2D eigenvalue weighted by Crippen LogP contribution is -2.44. The number of carbonyl (C=O) groups is 1. The number of benzene rings is 1. The van der Waals surface area contributed by atoms with Crippen LogP contribution in [0.15, 0.2) is 35.2 Å². The number of piperidine rings is 1. The number of hydrogen-bond acceptors (Lipinski definition) is 7. The fraction of sp³-hybridized carbons (Fsp3) is 0.450. The third-order valence-corrected chi connectivity index (χ3v) is 6.85. The molecule has 1 aromatic carbocycles.